The van der Waals surface area contributed by atoms with E-state index in [0.717, 1.165) is 6.42 Å². The van der Waals surface area contributed by atoms with Crippen LogP contribution in [0.1, 0.15) is 35.3 Å². The van der Waals surface area contributed by atoms with Crippen molar-refractivity contribution in [3.8, 4) is 0 Å². The average Bonchev–Trinajstić information content (AvgIpc) is 2.70. The number of hydrogen-bond acceptors (Lipinski definition) is 2. The Morgan fingerprint density at radius 1 is 1.38 bits per heavy atom. The predicted octanol–water partition coefficient (Wildman–Crippen LogP) is 3.07. The fraction of sp³-hybridized carbons (Fsp3) is 0.357. The molecular weight excluding hydrogens is 200 g/mol. The lowest BCUT2D eigenvalue weighted by atomic mass is 9.96. The van der Waals surface area contributed by atoms with Gasteiger partial charge in [0, 0.05) is 0 Å². The number of hydrogen-bond donors (Lipinski definition) is 0. The van der Waals surface area contributed by atoms with Gasteiger partial charge in [0.2, 0.25) is 0 Å². The fourth-order valence-corrected chi connectivity index (χ4v) is 2.17. The van der Waals surface area contributed by atoms with Crippen LogP contribution < -0.4 is 0 Å². The largest absolute Gasteiger partial charge is 0.465 e. The molecule has 0 unspecified atom stereocenters. The Morgan fingerprint density at radius 2 is 2.12 bits per heavy atom. The molecule has 0 fully saturated rings. The van der Waals surface area contributed by atoms with Gasteiger partial charge in [0.05, 0.1) is 12.7 Å². The van der Waals surface area contributed by atoms with Crippen LogP contribution in [0.3, 0.4) is 0 Å². The van der Waals surface area contributed by atoms with Gasteiger partial charge in [0.15, 0.2) is 0 Å². The molecule has 0 atom stereocenters. The van der Waals surface area contributed by atoms with Crippen molar-refractivity contribution in [1.82, 2.24) is 0 Å². The minimum atomic E-state index is -0.263. The van der Waals surface area contributed by atoms with Crippen LogP contribution in [0.4, 0.5) is 0 Å². The summed E-state index contributed by atoms with van der Waals surface area (Å²) in [6.07, 6.45) is 3.17. The highest BCUT2D eigenvalue weighted by atomic mass is 16.5. The topological polar surface area (TPSA) is 26.3 Å². The predicted molar refractivity (Wildman–Crippen MR) is 64.3 cm³/mol. The van der Waals surface area contributed by atoms with Gasteiger partial charge in [-0.1, -0.05) is 26.0 Å². The Morgan fingerprint density at radius 3 is 2.75 bits per heavy atom. The molecule has 0 saturated carbocycles. The average molecular weight is 216 g/mol. The zero-order valence-corrected chi connectivity index (χ0v) is 9.91. The lowest BCUT2D eigenvalue weighted by molar-refractivity contribution is 0.0600. The van der Waals surface area contributed by atoms with Gasteiger partial charge in [0.1, 0.15) is 0 Å². The van der Waals surface area contributed by atoms with Crippen LogP contribution in [0.25, 0.3) is 5.57 Å². The first-order valence-electron chi connectivity index (χ1n) is 5.55. The zero-order valence-electron chi connectivity index (χ0n) is 9.91. The minimum absolute atomic E-state index is 0.263. The molecule has 1 aromatic carbocycles. The van der Waals surface area contributed by atoms with E-state index in [2.05, 4.69) is 19.9 Å². The normalized spacial score (nSPS) is 13.6. The Bertz CT molecular complexity index is 456. The van der Waals surface area contributed by atoms with Crippen LogP contribution in [0.5, 0.6) is 0 Å². The second kappa shape index (κ2) is 4.12. The van der Waals surface area contributed by atoms with Crippen LogP contribution in [0, 0.1) is 5.92 Å². The molecule has 0 aliphatic heterocycles. The Hall–Kier alpha value is -1.57. The van der Waals surface area contributed by atoms with Gasteiger partial charge in [-0.25, -0.2) is 4.79 Å². The molecule has 2 rings (SSSR count). The first-order valence-corrected chi connectivity index (χ1v) is 5.55. The number of carbonyl (C=O) groups excluding carboxylic acids is 1. The van der Waals surface area contributed by atoms with Crippen molar-refractivity contribution < 1.29 is 9.53 Å². The lowest BCUT2D eigenvalue weighted by Crippen LogP contribution is -2.02. The molecule has 0 bridgehead atoms. The fourth-order valence-electron chi connectivity index (χ4n) is 2.17. The first-order chi connectivity index (χ1) is 7.63. The summed E-state index contributed by atoms with van der Waals surface area (Å²) in [6, 6.07) is 5.81. The van der Waals surface area contributed by atoms with Crippen molar-refractivity contribution in [2.45, 2.75) is 20.3 Å². The van der Waals surface area contributed by atoms with Gasteiger partial charge in [0.25, 0.3) is 0 Å². The van der Waals surface area contributed by atoms with Gasteiger partial charge in [-0.3, -0.25) is 0 Å². The van der Waals surface area contributed by atoms with E-state index < -0.39 is 0 Å². The van der Waals surface area contributed by atoms with Gasteiger partial charge >= 0.3 is 5.97 Å². The highest BCUT2D eigenvalue weighted by Gasteiger charge is 2.18. The highest BCUT2D eigenvalue weighted by Crippen LogP contribution is 2.33. The lowest BCUT2D eigenvalue weighted by Gasteiger charge is -2.10. The third-order valence-electron chi connectivity index (χ3n) is 3.00. The van der Waals surface area contributed by atoms with Crippen molar-refractivity contribution in [3.63, 3.8) is 0 Å². The molecule has 2 heteroatoms. The summed E-state index contributed by atoms with van der Waals surface area (Å²) < 4.78 is 4.71. The maximum absolute atomic E-state index is 11.4. The maximum Gasteiger partial charge on any atom is 0.337 e. The number of ether oxygens (including phenoxy) is 1. The number of methoxy groups -OCH3 is 1. The van der Waals surface area contributed by atoms with Gasteiger partial charge in [-0.05, 0) is 41.2 Å². The molecular formula is C14H16O2. The number of carbonyl (C=O) groups is 1. The molecule has 2 nitrogen and oxygen atoms in total. The van der Waals surface area contributed by atoms with Crippen LogP contribution in [-0.2, 0) is 11.2 Å². The Labute approximate surface area is 95.9 Å². The number of benzene rings is 1. The van der Waals surface area contributed by atoms with Crippen molar-refractivity contribution in [2.24, 2.45) is 5.92 Å². The zero-order chi connectivity index (χ0) is 11.7. The number of rotatable bonds is 2. The quantitative estimate of drug-likeness (QED) is 0.710. The van der Waals surface area contributed by atoms with Crippen molar-refractivity contribution in [3.05, 3.63) is 41.0 Å². The van der Waals surface area contributed by atoms with E-state index in [4.69, 9.17) is 4.74 Å². The highest BCUT2D eigenvalue weighted by molar-refractivity contribution is 5.90. The van der Waals surface area contributed by atoms with Crippen LogP contribution in [0.15, 0.2) is 24.3 Å². The summed E-state index contributed by atoms with van der Waals surface area (Å²) in [5.74, 6) is 0.269. The minimum Gasteiger partial charge on any atom is -0.465 e. The second-order valence-corrected chi connectivity index (χ2v) is 4.38. The SMILES string of the molecule is COC(=O)c1ccc2c(c1)CC=C2C(C)C. The summed E-state index contributed by atoms with van der Waals surface area (Å²) >= 11 is 0. The molecule has 84 valence electrons. The summed E-state index contributed by atoms with van der Waals surface area (Å²) in [6.45, 7) is 4.38. The van der Waals surface area contributed by atoms with Crippen molar-refractivity contribution in [2.75, 3.05) is 7.11 Å². The maximum atomic E-state index is 11.4. The molecule has 16 heavy (non-hydrogen) atoms. The number of allylic oxidation sites excluding steroid dienone is 2. The molecule has 0 spiro atoms. The van der Waals surface area contributed by atoms with Crippen molar-refractivity contribution in [1.29, 1.82) is 0 Å². The molecule has 0 N–H and O–H groups in total. The van der Waals surface area contributed by atoms with Gasteiger partial charge in [-0.15, -0.1) is 0 Å². The molecule has 0 radical (unpaired) electrons. The van der Waals surface area contributed by atoms with E-state index in [-0.39, 0.29) is 5.97 Å². The second-order valence-electron chi connectivity index (χ2n) is 4.38. The third-order valence-corrected chi connectivity index (χ3v) is 3.00. The number of fused-ring (bicyclic) bond motifs is 1. The van der Waals surface area contributed by atoms with E-state index in [1.807, 2.05) is 18.2 Å². The van der Waals surface area contributed by atoms with Crippen molar-refractivity contribution >= 4 is 11.5 Å². The summed E-state index contributed by atoms with van der Waals surface area (Å²) in [4.78, 5) is 11.4. The molecule has 0 amide bonds. The van der Waals surface area contributed by atoms with Crippen LogP contribution in [-0.4, -0.2) is 13.1 Å². The van der Waals surface area contributed by atoms with Gasteiger partial charge < -0.3 is 4.74 Å². The standard InChI is InChI=1S/C14H16O2/c1-9(2)12-6-4-10-8-11(14(15)16-3)5-7-13(10)12/h5-9H,4H2,1-3H3. The monoisotopic (exact) mass is 216 g/mol. The van der Waals surface area contributed by atoms with Crippen LogP contribution in [0.2, 0.25) is 0 Å². The molecule has 0 heterocycles. The smallest absolute Gasteiger partial charge is 0.337 e. The Balaban J connectivity index is 2.36. The van der Waals surface area contributed by atoms with E-state index in [1.165, 1.54) is 23.8 Å². The Kier molecular flexibility index (Phi) is 2.82. The van der Waals surface area contributed by atoms with E-state index in [1.54, 1.807) is 0 Å². The van der Waals surface area contributed by atoms with Crippen LogP contribution >= 0.6 is 0 Å². The van der Waals surface area contributed by atoms with E-state index >= 15 is 0 Å². The number of esters is 1. The van der Waals surface area contributed by atoms with E-state index in [9.17, 15) is 4.79 Å². The molecule has 0 aromatic heterocycles. The first kappa shape index (κ1) is 10.9. The summed E-state index contributed by atoms with van der Waals surface area (Å²) in [7, 11) is 1.41. The summed E-state index contributed by atoms with van der Waals surface area (Å²) in [5, 5.41) is 0. The third kappa shape index (κ3) is 1.75. The van der Waals surface area contributed by atoms with Gasteiger partial charge in [-0.2, -0.15) is 0 Å². The molecule has 0 saturated heterocycles. The van der Waals surface area contributed by atoms with E-state index in [0.29, 0.717) is 11.5 Å². The molecule has 1 aromatic rings. The molecule has 1 aliphatic rings. The molecule has 1 aliphatic carbocycles. The summed E-state index contributed by atoms with van der Waals surface area (Å²) in [5.41, 5.74) is 4.53.